The molecule has 39 heavy (non-hydrogen) atoms. The van der Waals surface area contributed by atoms with Crippen LogP contribution < -0.4 is 29.0 Å². The molecular formula is C28H30N2O8S. The molecule has 0 radical (unpaired) electrons. The van der Waals surface area contributed by atoms with Crippen LogP contribution in [-0.2, 0) is 15.6 Å². The van der Waals surface area contributed by atoms with Gasteiger partial charge in [-0.1, -0.05) is 0 Å². The van der Waals surface area contributed by atoms with Crippen molar-refractivity contribution in [2.45, 2.75) is 5.75 Å². The quantitative estimate of drug-likeness (QED) is 0.238. The van der Waals surface area contributed by atoms with Crippen LogP contribution in [0.25, 0.3) is 6.08 Å². The lowest BCUT2D eigenvalue weighted by molar-refractivity contribution is 0.104. The standard InChI is InChI=1S/C28H30N2O8S/c1-34-21-9-6-19(7-10-21)24(31)12-14-29-28-25(36-3)11-8-20(30-28)18-39(32,33)15-13-23-26(37-4)16-22(35-2)17-27(23)38-5/h6-17H,18H2,1-5H3,(H,29,30)/b14-12+,15-13+. The number of allylic oxidation sites excluding steroid dienone is 1. The van der Waals surface area contributed by atoms with Gasteiger partial charge in [0.2, 0.25) is 0 Å². The third kappa shape index (κ3) is 7.74. The molecule has 0 amide bonds. The molecular weight excluding hydrogens is 524 g/mol. The summed E-state index contributed by atoms with van der Waals surface area (Å²) in [5.74, 6) is 1.95. The number of ketones is 1. The molecule has 0 spiro atoms. The summed E-state index contributed by atoms with van der Waals surface area (Å²) in [4.78, 5) is 16.8. The van der Waals surface area contributed by atoms with Crippen LogP contribution in [0.15, 0.2) is 66.2 Å². The fourth-order valence-corrected chi connectivity index (χ4v) is 4.52. The van der Waals surface area contributed by atoms with Gasteiger partial charge < -0.3 is 29.0 Å². The number of methoxy groups -OCH3 is 5. The molecule has 0 saturated carbocycles. The zero-order valence-electron chi connectivity index (χ0n) is 22.3. The van der Waals surface area contributed by atoms with Crippen molar-refractivity contribution in [2.24, 2.45) is 0 Å². The third-order valence-corrected chi connectivity index (χ3v) is 6.76. The number of aromatic nitrogens is 1. The number of carbonyl (C=O) groups is 1. The number of hydrogen-bond acceptors (Lipinski definition) is 10. The van der Waals surface area contributed by atoms with E-state index in [-0.39, 0.29) is 23.0 Å². The van der Waals surface area contributed by atoms with Crippen molar-refractivity contribution in [3.8, 4) is 28.7 Å². The van der Waals surface area contributed by atoms with Crippen LogP contribution in [0, 0.1) is 0 Å². The van der Waals surface area contributed by atoms with E-state index in [2.05, 4.69) is 10.3 Å². The fourth-order valence-electron chi connectivity index (χ4n) is 3.51. The Kier molecular flexibility index (Phi) is 9.93. The summed E-state index contributed by atoms with van der Waals surface area (Å²) >= 11 is 0. The highest BCUT2D eigenvalue weighted by atomic mass is 32.2. The molecule has 0 aliphatic carbocycles. The highest BCUT2D eigenvalue weighted by Crippen LogP contribution is 2.35. The van der Waals surface area contributed by atoms with E-state index in [1.807, 2.05) is 0 Å². The second-order valence-electron chi connectivity index (χ2n) is 7.98. The molecule has 1 N–H and O–H groups in total. The van der Waals surface area contributed by atoms with Crippen LogP contribution in [0.3, 0.4) is 0 Å². The molecule has 0 atom stereocenters. The number of hydrogen-bond donors (Lipinski definition) is 1. The van der Waals surface area contributed by atoms with E-state index in [0.29, 0.717) is 39.9 Å². The molecule has 3 aromatic rings. The zero-order chi connectivity index (χ0) is 28.4. The lowest BCUT2D eigenvalue weighted by Gasteiger charge is -2.12. The van der Waals surface area contributed by atoms with Crippen LogP contribution in [0.1, 0.15) is 21.6 Å². The minimum absolute atomic E-state index is 0.239. The highest BCUT2D eigenvalue weighted by molar-refractivity contribution is 7.93. The minimum Gasteiger partial charge on any atom is -0.497 e. The Morgan fingerprint density at radius 2 is 1.44 bits per heavy atom. The molecule has 10 nitrogen and oxygen atoms in total. The Morgan fingerprint density at radius 1 is 0.821 bits per heavy atom. The van der Waals surface area contributed by atoms with E-state index in [1.165, 1.54) is 46.8 Å². The second-order valence-corrected chi connectivity index (χ2v) is 9.87. The number of anilines is 1. The summed E-state index contributed by atoms with van der Waals surface area (Å²) in [5, 5.41) is 3.97. The van der Waals surface area contributed by atoms with Crippen molar-refractivity contribution < 1.29 is 36.9 Å². The van der Waals surface area contributed by atoms with Crippen molar-refractivity contribution in [1.82, 2.24) is 4.98 Å². The maximum Gasteiger partial charge on any atom is 0.187 e. The van der Waals surface area contributed by atoms with E-state index in [9.17, 15) is 13.2 Å². The number of nitrogens with zero attached hydrogens (tertiary/aromatic N) is 1. The minimum atomic E-state index is -3.75. The van der Waals surface area contributed by atoms with Gasteiger partial charge in [-0.05, 0) is 42.5 Å². The third-order valence-electron chi connectivity index (χ3n) is 5.51. The van der Waals surface area contributed by atoms with Gasteiger partial charge in [-0.25, -0.2) is 13.4 Å². The average molecular weight is 555 g/mol. The summed E-state index contributed by atoms with van der Waals surface area (Å²) in [5.41, 5.74) is 1.19. The largest absolute Gasteiger partial charge is 0.497 e. The molecule has 1 aromatic heterocycles. The monoisotopic (exact) mass is 554 g/mol. The Morgan fingerprint density at radius 3 is 2.00 bits per heavy atom. The van der Waals surface area contributed by atoms with Gasteiger partial charge in [-0.15, -0.1) is 0 Å². The molecule has 1 heterocycles. The number of benzene rings is 2. The Bertz CT molecular complexity index is 1440. The lowest BCUT2D eigenvalue weighted by Crippen LogP contribution is -2.05. The summed E-state index contributed by atoms with van der Waals surface area (Å²) < 4.78 is 52.2. The van der Waals surface area contributed by atoms with Crippen LogP contribution in [0.5, 0.6) is 28.7 Å². The van der Waals surface area contributed by atoms with E-state index >= 15 is 0 Å². The predicted molar refractivity (Wildman–Crippen MR) is 149 cm³/mol. The molecule has 0 aliphatic heterocycles. The van der Waals surface area contributed by atoms with Crippen LogP contribution >= 0.6 is 0 Å². The number of rotatable bonds is 13. The van der Waals surface area contributed by atoms with E-state index < -0.39 is 9.84 Å². The van der Waals surface area contributed by atoms with Gasteiger partial charge in [0.25, 0.3) is 0 Å². The Hall–Kier alpha value is -4.51. The maximum atomic E-state index is 12.9. The number of sulfone groups is 1. The van der Waals surface area contributed by atoms with Crippen molar-refractivity contribution >= 4 is 27.5 Å². The maximum absolute atomic E-state index is 12.9. The van der Waals surface area contributed by atoms with E-state index in [4.69, 9.17) is 23.7 Å². The smallest absolute Gasteiger partial charge is 0.187 e. The lowest BCUT2D eigenvalue weighted by atomic mass is 10.1. The van der Waals surface area contributed by atoms with Crippen LogP contribution in [0.4, 0.5) is 5.82 Å². The summed E-state index contributed by atoms with van der Waals surface area (Å²) in [6.07, 6.45) is 4.16. The Labute approximate surface area is 227 Å². The first-order valence-electron chi connectivity index (χ1n) is 11.6. The molecule has 0 unspecified atom stereocenters. The van der Waals surface area contributed by atoms with Crippen molar-refractivity contribution in [2.75, 3.05) is 40.9 Å². The summed E-state index contributed by atoms with van der Waals surface area (Å²) in [6, 6.07) is 13.1. The Balaban J connectivity index is 1.77. The van der Waals surface area contributed by atoms with Gasteiger partial charge in [0.05, 0.1) is 52.6 Å². The number of pyridine rings is 1. The SMILES string of the molecule is COc1ccc(C(=O)/C=C/Nc2nc(CS(=O)(=O)/C=C/c3c(OC)cc(OC)cc3OC)ccc2OC)cc1. The first kappa shape index (κ1) is 29.1. The van der Waals surface area contributed by atoms with Gasteiger partial charge in [0.15, 0.2) is 27.2 Å². The molecule has 0 bridgehead atoms. The predicted octanol–water partition coefficient (Wildman–Crippen LogP) is 4.52. The molecule has 0 aliphatic rings. The molecule has 11 heteroatoms. The van der Waals surface area contributed by atoms with Crippen molar-refractivity contribution in [1.29, 1.82) is 0 Å². The number of carbonyl (C=O) groups excluding carboxylic acids is 1. The van der Waals surface area contributed by atoms with E-state index in [0.717, 1.165) is 5.41 Å². The van der Waals surface area contributed by atoms with Crippen LogP contribution in [-0.4, -0.2) is 54.7 Å². The van der Waals surface area contributed by atoms with Gasteiger partial charge in [-0.3, -0.25) is 4.79 Å². The number of nitrogens with one attached hydrogen (secondary N) is 1. The molecule has 206 valence electrons. The summed E-state index contributed by atoms with van der Waals surface area (Å²) in [7, 11) is 3.70. The molecule has 0 saturated heterocycles. The molecule has 0 fully saturated rings. The van der Waals surface area contributed by atoms with Crippen molar-refractivity contribution in [3.63, 3.8) is 0 Å². The second kappa shape index (κ2) is 13.3. The average Bonchev–Trinajstić information content (AvgIpc) is 2.95. The first-order chi connectivity index (χ1) is 18.7. The fraction of sp³-hybridized carbons (Fsp3) is 0.214. The van der Waals surface area contributed by atoms with Gasteiger partial charge >= 0.3 is 0 Å². The highest BCUT2D eigenvalue weighted by Gasteiger charge is 2.15. The molecule has 3 rings (SSSR count). The van der Waals surface area contributed by atoms with Gasteiger partial charge in [-0.2, -0.15) is 0 Å². The summed E-state index contributed by atoms with van der Waals surface area (Å²) in [6.45, 7) is 0. The topological polar surface area (TPSA) is 122 Å². The van der Waals surface area contributed by atoms with Crippen molar-refractivity contribution in [3.05, 3.63) is 83.0 Å². The normalized spacial score (nSPS) is 11.4. The van der Waals surface area contributed by atoms with Gasteiger partial charge in [0, 0.05) is 35.4 Å². The van der Waals surface area contributed by atoms with Gasteiger partial charge in [0.1, 0.15) is 23.0 Å². The first-order valence-corrected chi connectivity index (χ1v) is 13.3. The van der Waals surface area contributed by atoms with Crippen LogP contribution in [0.2, 0.25) is 0 Å². The molecule has 2 aromatic carbocycles. The van der Waals surface area contributed by atoms with E-state index in [1.54, 1.807) is 55.6 Å². The zero-order valence-corrected chi connectivity index (χ0v) is 23.1. The number of ether oxygens (including phenoxy) is 5.